The third kappa shape index (κ3) is 3.32. The van der Waals surface area contributed by atoms with Gasteiger partial charge in [0.1, 0.15) is 11.5 Å². The molecule has 3 rings (SSSR count). The van der Waals surface area contributed by atoms with E-state index in [-0.39, 0.29) is 22.8 Å². The maximum Gasteiger partial charge on any atom is 0.357 e. The lowest BCUT2D eigenvalue weighted by atomic mass is 10.0. The zero-order chi connectivity index (χ0) is 20.3. The number of ether oxygens (including phenoxy) is 2. The number of methoxy groups -OCH3 is 2. The number of nitrogens with zero attached hydrogens (tertiary/aromatic N) is 3. The monoisotopic (exact) mass is 381 g/mol. The Balaban J connectivity index is 2.13. The number of aliphatic carboxylic acids is 1. The van der Waals surface area contributed by atoms with Gasteiger partial charge in [-0.25, -0.2) is 4.79 Å². The highest BCUT2D eigenvalue weighted by molar-refractivity contribution is 6.53. The van der Waals surface area contributed by atoms with Crippen LogP contribution in [0, 0.1) is 4.91 Å². The average Bonchev–Trinajstić information content (AvgIpc) is 3.04. The van der Waals surface area contributed by atoms with Crippen molar-refractivity contribution in [2.75, 3.05) is 19.2 Å². The van der Waals surface area contributed by atoms with E-state index in [0.717, 1.165) is 5.01 Å². The van der Waals surface area contributed by atoms with E-state index in [9.17, 15) is 19.6 Å². The summed E-state index contributed by atoms with van der Waals surface area (Å²) in [4.78, 5) is 35.4. The SMILES string of the molecule is COc1cc(N=O)c(OC)cc1/C=C1\C(=O)N(c2ccccc2)N=C1C(=O)O. The quantitative estimate of drug-likeness (QED) is 0.607. The van der Waals surface area contributed by atoms with E-state index in [1.54, 1.807) is 30.3 Å². The fraction of sp³-hybridized carbons (Fsp3) is 0.105. The molecular weight excluding hydrogens is 366 g/mol. The van der Waals surface area contributed by atoms with Crippen molar-refractivity contribution in [2.45, 2.75) is 0 Å². The Hall–Kier alpha value is -4.01. The molecule has 1 amide bonds. The highest BCUT2D eigenvalue weighted by Crippen LogP contribution is 2.36. The highest BCUT2D eigenvalue weighted by atomic mass is 16.5. The summed E-state index contributed by atoms with van der Waals surface area (Å²) >= 11 is 0. The normalized spacial score (nSPS) is 14.8. The minimum atomic E-state index is -1.35. The van der Waals surface area contributed by atoms with Crippen molar-refractivity contribution in [3.8, 4) is 11.5 Å². The number of hydrogen-bond donors (Lipinski definition) is 1. The molecule has 0 spiro atoms. The second kappa shape index (κ2) is 7.70. The van der Waals surface area contributed by atoms with Gasteiger partial charge in [0.2, 0.25) is 0 Å². The molecule has 1 heterocycles. The standard InChI is InChI=1S/C19H15N3O6/c1-27-15-10-14(21-26)16(28-2)9-11(15)8-13-17(19(24)25)20-22(18(13)23)12-6-4-3-5-7-12/h3-10H,1-2H3,(H,24,25)/b13-8-. The molecule has 0 aromatic heterocycles. The maximum absolute atomic E-state index is 12.8. The van der Waals surface area contributed by atoms with Gasteiger partial charge in [0.25, 0.3) is 5.91 Å². The first-order chi connectivity index (χ1) is 13.5. The number of para-hydroxylation sites is 1. The van der Waals surface area contributed by atoms with E-state index in [0.29, 0.717) is 11.3 Å². The van der Waals surface area contributed by atoms with Gasteiger partial charge in [-0.15, -0.1) is 4.91 Å². The largest absolute Gasteiger partial charge is 0.496 e. The van der Waals surface area contributed by atoms with Crippen molar-refractivity contribution >= 4 is 35.0 Å². The third-order valence-electron chi connectivity index (χ3n) is 4.01. The molecule has 0 bridgehead atoms. The molecule has 1 aliphatic rings. The Morgan fingerprint density at radius 3 is 2.39 bits per heavy atom. The Labute approximate surface area is 159 Å². The van der Waals surface area contributed by atoms with Crippen LogP contribution in [-0.4, -0.2) is 36.9 Å². The van der Waals surface area contributed by atoms with E-state index in [2.05, 4.69) is 10.3 Å². The van der Waals surface area contributed by atoms with Gasteiger partial charge in [-0.2, -0.15) is 10.1 Å². The number of carboxylic acids is 1. The summed E-state index contributed by atoms with van der Waals surface area (Å²) in [6, 6.07) is 11.2. The van der Waals surface area contributed by atoms with Gasteiger partial charge in [-0.3, -0.25) is 4.79 Å². The molecule has 28 heavy (non-hydrogen) atoms. The molecule has 9 heteroatoms. The molecule has 2 aromatic carbocycles. The minimum Gasteiger partial charge on any atom is -0.496 e. The van der Waals surface area contributed by atoms with Crippen LogP contribution in [0.15, 0.2) is 58.3 Å². The molecule has 0 radical (unpaired) electrons. The fourth-order valence-corrected chi connectivity index (χ4v) is 2.69. The van der Waals surface area contributed by atoms with E-state index in [1.807, 2.05) is 0 Å². The average molecular weight is 381 g/mol. The van der Waals surface area contributed by atoms with E-state index >= 15 is 0 Å². The number of nitroso groups, excluding NO2 is 1. The summed E-state index contributed by atoms with van der Waals surface area (Å²) in [6.45, 7) is 0. The molecule has 1 N–H and O–H groups in total. The molecule has 0 atom stereocenters. The number of hydrazone groups is 1. The first-order valence-corrected chi connectivity index (χ1v) is 8.03. The number of rotatable bonds is 6. The molecule has 0 saturated heterocycles. The van der Waals surface area contributed by atoms with Gasteiger partial charge in [-0.05, 0) is 29.5 Å². The van der Waals surface area contributed by atoms with E-state index in [4.69, 9.17) is 9.47 Å². The smallest absolute Gasteiger partial charge is 0.357 e. The summed E-state index contributed by atoms with van der Waals surface area (Å²) < 4.78 is 10.3. The molecular formula is C19H15N3O6. The van der Waals surface area contributed by atoms with E-state index in [1.165, 1.54) is 32.4 Å². The number of carboxylic acid groups (broad SMARTS) is 1. The number of carbonyl (C=O) groups is 2. The Morgan fingerprint density at radius 1 is 1.14 bits per heavy atom. The van der Waals surface area contributed by atoms with Crippen LogP contribution >= 0.6 is 0 Å². The van der Waals surface area contributed by atoms with Crippen LogP contribution in [0.3, 0.4) is 0 Å². The zero-order valence-corrected chi connectivity index (χ0v) is 14.9. The summed E-state index contributed by atoms with van der Waals surface area (Å²) in [5.41, 5.74) is 0.229. The second-order valence-electron chi connectivity index (χ2n) is 5.62. The fourth-order valence-electron chi connectivity index (χ4n) is 2.69. The van der Waals surface area contributed by atoms with Crippen LogP contribution in [0.1, 0.15) is 5.56 Å². The number of amides is 1. The lowest BCUT2D eigenvalue weighted by Gasteiger charge is -2.12. The van der Waals surface area contributed by atoms with Crippen LogP contribution < -0.4 is 14.5 Å². The summed E-state index contributed by atoms with van der Waals surface area (Å²) in [5.74, 6) is -1.59. The van der Waals surface area contributed by atoms with Crippen molar-refractivity contribution in [3.05, 3.63) is 58.5 Å². The van der Waals surface area contributed by atoms with Gasteiger partial charge < -0.3 is 14.6 Å². The van der Waals surface area contributed by atoms with Crippen LogP contribution in [0.2, 0.25) is 0 Å². The topological polar surface area (TPSA) is 118 Å². The Bertz CT molecular complexity index is 1010. The first kappa shape index (κ1) is 18.8. The molecule has 1 aliphatic heterocycles. The molecule has 9 nitrogen and oxygen atoms in total. The number of benzene rings is 2. The van der Waals surface area contributed by atoms with Crippen LogP contribution in [-0.2, 0) is 9.59 Å². The van der Waals surface area contributed by atoms with Gasteiger partial charge in [-0.1, -0.05) is 18.2 Å². The number of carbonyl (C=O) groups excluding carboxylic acids is 1. The predicted octanol–water partition coefficient (Wildman–Crippen LogP) is 2.97. The van der Waals surface area contributed by atoms with Crippen LogP contribution in [0.5, 0.6) is 11.5 Å². The van der Waals surface area contributed by atoms with E-state index < -0.39 is 17.6 Å². The summed E-state index contributed by atoms with van der Waals surface area (Å²) in [6.07, 6.45) is 1.33. The lowest BCUT2D eigenvalue weighted by molar-refractivity contribution is -0.129. The molecule has 0 fully saturated rings. The van der Waals surface area contributed by atoms with Crippen molar-refractivity contribution in [1.82, 2.24) is 0 Å². The summed E-state index contributed by atoms with van der Waals surface area (Å²) in [7, 11) is 2.73. The van der Waals surface area contributed by atoms with Crippen molar-refractivity contribution in [1.29, 1.82) is 0 Å². The minimum absolute atomic E-state index is 0.0114. The first-order valence-electron chi connectivity index (χ1n) is 8.03. The second-order valence-corrected chi connectivity index (χ2v) is 5.62. The van der Waals surface area contributed by atoms with Crippen molar-refractivity contribution in [2.24, 2.45) is 10.3 Å². The number of anilines is 1. The summed E-state index contributed by atoms with van der Waals surface area (Å²) in [5, 5.41) is 17.3. The number of hydrogen-bond acceptors (Lipinski definition) is 7. The lowest BCUT2D eigenvalue weighted by Crippen LogP contribution is -2.22. The van der Waals surface area contributed by atoms with Gasteiger partial charge in [0.15, 0.2) is 11.4 Å². The highest BCUT2D eigenvalue weighted by Gasteiger charge is 2.35. The molecule has 0 aliphatic carbocycles. The van der Waals surface area contributed by atoms with Crippen molar-refractivity contribution in [3.63, 3.8) is 0 Å². The van der Waals surface area contributed by atoms with Gasteiger partial charge in [0.05, 0.1) is 25.5 Å². The Morgan fingerprint density at radius 2 is 1.82 bits per heavy atom. The molecule has 142 valence electrons. The molecule has 0 saturated carbocycles. The van der Waals surface area contributed by atoms with Gasteiger partial charge >= 0.3 is 5.97 Å². The van der Waals surface area contributed by atoms with Crippen molar-refractivity contribution < 1.29 is 24.2 Å². The predicted molar refractivity (Wildman–Crippen MR) is 102 cm³/mol. The molecule has 2 aromatic rings. The Kier molecular flexibility index (Phi) is 5.16. The maximum atomic E-state index is 12.8. The van der Waals surface area contributed by atoms with Gasteiger partial charge in [0, 0.05) is 11.6 Å². The zero-order valence-electron chi connectivity index (χ0n) is 14.9. The molecule has 0 unspecified atom stereocenters. The van der Waals surface area contributed by atoms with Crippen LogP contribution in [0.4, 0.5) is 11.4 Å². The third-order valence-corrected chi connectivity index (χ3v) is 4.01. The van der Waals surface area contributed by atoms with Crippen LogP contribution in [0.25, 0.3) is 6.08 Å².